The summed E-state index contributed by atoms with van der Waals surface area (Å²) in [5, 5.41) is 3.17. The molecule has 0 aliphatic heterocycles. The van der Waals surface area contributed by atoms with Gasteiger partial charge in [-0.1, -0.05) is 39.1 Å². The third kappa shape index (κ3) is 3.65. The number of aryl methyl sites for hydroxylation is 1. The molecule has 0 saturated carbocycles. The minimum Gasteiger partial charge on any atom is -0.290 e. The Morgan fingerprint density at radius 2 is 2.00 bits per heavy atom. The molecule has 0 unspecified atom stereocenters. The van der Waals surface area contributed by atoms with E-state index in [4.69, 9.17) is 23.2 Å². The van der Waals surface area contributed by atoms with Gasteiger partial charge in [-0.15, -0.1) is 0 Å². The number of halogens is 3. The number of carbonyl (C=O) groups is 1. The fourth-order valence-electron chi connectivity index (χ4n) is 1.43. The highest BCUT2D eigenvalue weighted by atomic mass is 79.9. The minimum atomic E-state index is -0.395. The molecule has 0 bridgehead atoms. The third-order valence-corrected chi connectivity index (χ3v) is 3.24. The van der Waals surface area contributed by atoms with E-state index in [9.17, 15) is 4.79 Å². The number of aromatic nitrogens is 2. The normalized spacial score (nSPS) is 10.3. The molecule has 0 saturated heterocycles. The Kier molecular flexibility index (Phi) is 4.39. The van der Waals surface area contributed by atoms with Crippen molar-refractivity contribution in [3.63, 3.8) is 0 Å². The van der Waals surface area contributed by atoms with Crippen LogP contribution in [0.25, 0.3) is 0 Å². The first kappa shape index (κ1) is 14.2. The topological polar surface area (TPSA) is 54.9 Å². The average molecular weight is 361 g/mol. The highest BCUT2D eigenvalue weighted by molar-refractivity contribution is 9.10. The van der Waals surface area contributed by atoms with Gasteiger partial charge in [0, 0.05) is 10.2 Å². The van der Waals surface area contributed by atoms with E-state index < -0.39 is 5.91 Å². The minimum absolute atomic E-state index is 0.144. The first-order valence-electron chi connectivity index (χ1n) is 5.23. The number of anilines is 1. The molecule has 1 N–H and O–H groups in total. The molecule has 4 nitrogen and oxygen atoms in total. The molecule has 1 aromatic heterocycles. The van der Waals surface area contributed by atoms with Crippen molar-refractivity contribution < 1.29 is 4.79 Å². The van der Waals surface area contributed by atoms with Crippen LogP contribution in [0, 0.1) is 6.92 Å². The summed E-state index contributed by atoms with van der Waals surface area (Å²) in [6.45, 7) is 1.76. The maximum atomic E-state index is 12.1. The zero-order chi connectivity index (χ0) is 14.0. The lowest BCUT2D eigenvalue weighted by Gasteiger charge is -2.06. The first-order chi connectivity index (χ1) is 8.95. The highest BCUT2D eigenvalue weighted by Crippen LogP contribution is 2.22. The lowest BCUT2D eigenvalue weighted by atomic mass is 10.2. The monoisotopic (exact) mass is 359 g/mol. The Morgan fingerprint density at radius 1 is 1.26 bits per heavy atom. The molecule has 0 radical (unpaired) electrons. The van der Waals surface area contributed by atoms with Gasteiger partial charge < -0.3 is 0 Å². The van der Waals surface area contributed by atoms with Crippen LogP contribution in [0.4, 0.5) is 5.95 Å². The van der Waals surface area contributed by atoms with Gasteiger partial charge in [-0.25, -0.2) is 9.97 Å². The number of rotatable bonds is 2. The van der Waals surface area contributed by atoms with Crippen LogP contribution in [0.5, 0.6) is 0 Å². The van der Waals surface area contributed by atoms with Gasteiger partial charge in [-0.05, 0) is 31.2 Å². The van der Waals surface area contributed by atoms with Gasteiger partial charge >= 0.3 is 0 Å². The Labute approximate surface area is 128 Å². The molecule has 19 heavy (non-hydrogen) atoms. The van der Waals surface area contributed by atoms with E-state index in [1.165, 1.54) is 0 Å². The van der Waals surface area contributed by atoms with Gasteiger partial charge in [-0.2, -0.15) is 0 Å². The fraction of sp³-hybridized carbons (Fsp3) is 0.0833. The molecular formula is C12H8BrCl2N3O. The van der Waals surface area contributed by atoms with Crippen LogP contribution in [0.2, 0.25) is 10.2 Å². The van der Waals surface area contributed by atoms with Crippen LogP contribution in [0.1, 0.15) is 16.1 Å². The van der Waals surface area contributed by atoms with Crippen molar-refractivity contribution in [3.05, 3.63) is 50.2 Å². The van der Waals surface area contributed by atoms with Gasteiger partial charge in [0.05, 0.1) is 10.6 Å². The molecule has 2 rings (SSSR count). The van der Waals surface area contributed by atoms with E-state index in [1.807, 2.05) is 0 Å². The van der Waals surface area contributed by atoms with Gasteiger partial charge in [0.1, 0.15) is 5.15 Å². The van der Waals surface area contributed by atoms with E-state index in [-0.39, 0.29) is 11.1 Å². The fourth-order valence-corrected chi connectivity index (χ4v) is 2.23. The van der Waals surface area contributed by atoms with Crippen LogP contribution in [-0.4, -0.2) is 15.9 Å². The number of hydrogen-bond donors (Lipinski definition) is 1. The molecule has 1 heterocycles. The summed E-state index contributed by atoms with van der Waals surface area (Å²) in [5.41, 5.74) is 0.993. The van der Waals surface area contributed by atoms with Gasteiger partial charge in [-0.3, -0.25) is 10.1 Å². The average Bonchev–Trinajstić information content (AvgIpc) is 2.30. The largest absolute Gasteiger partial charge is 0.290 e. The first-order valence-corrected chi connectivity index (χ1v) is 6.78. The van der Waals surface area contributed by atoms with Crippen molar-refractivity contribution in [3.8, 4) is 0 Å². The van der Waals surface area contributed by atoms with Crippen molar-refractivity contribution >= 4 is 51.0 Å². The summed E-state index contributed by atoms with van der Waals surface area (Å²) >= 11 is 15.1. The Balaban J connectivity index is 2.28. The molecule has 1 amide bonds. The van der Waals surface area contributed by atoms with Crippen LogP contribution in [0.3, 0.4) is 0 Å². The summed E-state index contributed by atoms with van der Waals surface area (Å²) in [7, 11) is 0. The van der Waals surface area contributed by atoms with Gasteiger partial charge in [0.15, 0.2) is 0 Å². The van der Waals surface area contributed by atoms with Crippen molar-refractivity contribution in [2.24, 2.45) is 0 Å². The zero-order valence-electron chi connectivity index (χ0n) is 9.75. The van der Waals surface area contributed by atoms with Crippen LogP contribution >= 0.6 is 39.1 Å². The van der Waals surface area contributed by atoms with Crippen molar-refractivity contribution in [1.82, 2.24) is 9.97 Å². The Morgan fingerprint density at radius 3 is 2.68 bits per heavy atom. The summed E-state index contributed by atoms with van der Waals surface area (Å²) in [5.74, 6) is -0.251. The molecule has 1 aromatic carbocycles. The molecule has 98 valence electrons. The zero-order valence-corrected chi connectivity index (χ0v) is 12.8. The SMILES string of the molecule is Cc1cc(Cl)nc(NC(=O)c2cc(Br)ccc2Cl)n1. The van der Waals surface area contributed by atoms with Crippen LogP contribution in [-0.2, 0) is 0 Å². The Hall–Kier alpha value is -1.17. The van der Waals surface area contributed by atoms with Crippen molar-refractivity contribution in [2.45, 2.75) is 6.92 Å². The molecule has 0 aliphatic rings. The maximum absolute atomic E-state index is 12.1. The van der Waals surface area contributed by atoms with Gasteiger partial charge in [0.2, 0.25) is 5.95 Å². The molecule has 2 aromatic rings. The molecule has 0 fully saturated rings. The number of amides is 1. The summed E-state index contributed by atoms with van der Waals surface area (Å²) in [6.07, 6.45) is 0. The van der Waals surface area contributed by atoms with E-state index in [0.29, 0.717) is 16.3 Å². The van der Waals surface area contributed by atoms with E-state index in [2.05, 4.69) is 31.2 Å². The number of nitrogens with zero attached hydrogens (tertiary/aromatic N) is 2. The van der Waals surface area contributed by atoms with Crippen LogP contribution in [0.15, 0.2) is 28.7 Å². The number of nitrogens with one attached hydrogen (secondary N) is 1. The lowest BCUT2D eigenvalue weighted by Crippen LogP contribution is -2.15. The van der Waals surface area contributed by atoms with Crippen molar-refractivity contribution in [2.75, 3.05) is 5.32 Å². The summed E-state index contributed by atoms with van der Waals surface area (Å²) in [4.78, 5) is 20.1. The number of carbonyl (C=O) groups excluding carboxylic acids is 1. The van der Waals surface area contributed by atoms with Crippen molar-refractivity contribution in [1.29, 1.82) is 0 Å². The smallest absolute Gasteiger partial charge is 0.259 e. The molecule has 7 heteroatoms. The highest BCUT2D eigenvalue weighted by Gasteiger charge is 2.13. The predicted molar refractivity (Wildman–Crippen MR) is 78.9 cm³/mol. The molecule has 0 aliphatic carbocycles. The van der Waals surface area contributed by atoms with E-state index in [1.54, 1.807) is 31.2 Å². The standard InChI is InChI=1S/C12H8BrCl2N3O/c1-6-4-10(15)17-12(16-6)18-11(19)8-5-7(13)2-3-9(8)14/h2-5H,1H3,(H,16,17,18,19). The lowest BCUT2D eigenvalue weighted by molar-refractivity contribution is 0.102. The number of benzene rings is 1. The molecule has 0 atom stereocenters. The van der Waals surface area contributed by atoms with Crippen LogP contribution < -0.4 is 5.32 Å². The summed E-state index contributed by atoms with van der Waals surface area (Å²) in [6, 6.07) is 6.60. The number of hydrogen-bond acceptors (Lipinski definition) is 3. The second kappa shape index (κ2) is 5.86. The molecular weight excluding hydrogens is 353 g/mol. The Bertz CT molecular complexity index is 629. The van der Waals surface area contributed by atoms with E-state index in [0.717, 1.165) is 4.47 Å². The summed E-state index contributed by atoms with van der Waals surface area (Å²) < 4.78 is 0.755. The second-order valence-corrected chi connectivity index (χ2v) is 5.44. The van der Waals surface area contributed by atoms with E-state index >= 15 is 0 Å². The third-order valence-electron chi connectivity index (χ3n) is 2.22. The predicted octanol–water partition coefficient (Wildman–Crippen LogP) is 4.11. The quantitative estimate of drug-likeness (QED) is 0.820. The second-order valence-electron chi connectivity index (χ2n) is 3.73. The maximum Gasteiger partial charge on any atom is 0.259 e. The molecule has 0 spiro atoms. The van der Waals surface area contributed by atoms with Gasteiger partial charge in [0.25, 0.3) is 5.91 Å².